The van der Waals surface area contributed by atoms with Crippen LogP contribution in [-0.4, -0.2) is 44.6 Å². The summed E-state index contributed by atoms with van der Waals surface area (Å²) in [5.74, 6) is 1.08. The summed E-state index contributed by atoms with van der Waals surface area (Å²) in [5, 5.41) is 12.9. The minimum atomic E-state index is -3.50. The van der Waals surface area contributed by atoms with Gasteiger partial charge in [-0.2, -0.15) is 0 Å². The molecule has 2 atom stereocenters. The fourth-order valence-corrected chi connectivity index (χ4v) is 3.43. The molecule has 1 fully saturated rings. The molecule has 2 unspecified atom stereocenters. The number of aliphatic hydroxyl groups excluding tert-OH is 1. The maximum absolute atomic E-state index is 11.9. The molecule has 120 valence electrons. The first-order valence-corrected chi connectivity index (χ1v) is 8.73. The van der Waals surface area contributed by atoms with Crippen LogP contribution in [0.2, 0.25) is 0 Å². The van der Waals surface area contributed by atoms with E-state index in [0.29, 0.717) is 18.2 Å². The number of hydrogen-bond acceptors (Lipinski definition) is 5. The van der Waals surface area contributed by atoms with Crippen LogP contribution in [0.25, 0.3) is 0 Å². The third kappa shape index (κ3) is 4.29. The van der Waals surface area contributed by atoms with Crippen LogP contribution in [0.5, 0.6) is 0 Å². The maximum Gasteiger partial charge on any atom is 0.275 e. The third-order valence-electron chi connectivity index (χ3n) is 3.86. The Hall–Kier alpha value is -0.890. The molecule has 1 heterocycles. The van der Waals surface area contributed by atoms with Gasteiger partial charge in [-0.05, 0) is 43.9 Å². The van der Waals surface area contributed by atoms with E-state index in [-0.39, 0.29) is 11.2 Å². The van der Waals surface area contributed by atoms with Crippen molar-refractivity contribution in [1.29, 1.82) is 0 Å². The number of rotatable bonds is 6. The zero-order valence-electron chi connectivity index (χ0n) is 12.6. The Morgan fingerprint density at radius 1 is 1.38 bits per heavy atom. The largest absolute Gasteiger partial charge is 0.447 e. The van der Waals surface area contributed by atoms with Crippen LogP contribution in [0, 0.1) is 5.92 Å². The topological polar surface area (TPSA) is 82.8 Å². The van der Waals surface area contributed by atoms with Gasteiger partial charge < -0.3 is 14.8 Å². The van der Waals surface area contributed by atoms with Gasteiger partial charge in [0.1, 0.15) is 5.76 Å². The van der Waals surface area contributed by atoms with Crippen molar-refractivity contribution in [1.82, 2.24) is 9.62 Å². The van der Waals surface area contributed by atoms with E-state index in [0.717, 1.165) is 36.5 Å². The summed E-state index contributed by atoms with van der Waals surface area (Å²) in [7, 11) is -0.550. The summed E-state index contributed by atoms with van der Waals surface area (Å²) >= 11 is 0. The number of sulfonamides is 1. The van der Waals surface area contributed by atoms with E-state index in [1.165, 1.54) is 20.2 Å². The molecule has 1 saturated carbocycles. The number of nitrogens with one attached hydrogen (secondary N) is 1. The number of hydrogen-bond donors (Lipinski definition) is 2. The zero-order chi connectivity index (χ0) is 15.5. The van der Waals surface area contributed by atoms with Gasteiger partial charge in [0, 0.05) is 14.1 Å². The fraction of sp³-hybridized carbons (Fsp3) is 0.714. The van der Waals surface area contributed by atoms with Crippen molar-refractivity contribution in [2.24, 2.45) is 5.92 Å². The molecule has 0 bridgehead atoms. The summed E-state index contributed by atoms with van der Waals surface area (Å²) in [4.78, 5) is 0. The van der Waals surface area contributed by atoms with Gasteiger partial charge in [-0.25, -0.2) is 12.7 Å². The first-order valence-electron chi connectivity index (χ1n) is 7.29. The Morgan fingerprint density at radius 2 is 2.14 bits per heavy atom. The molecule has 7 heteroatoms. The molecule has 1 aromatic rings. The lowest BCUT2D eigenvalue weighted by molar-refractivity contribution is 0.100. The molecule has 1 aliphatic rings. The second-order valence-corrected chi connectivity index (χ2v) is 7.91. The summed E-state index contributed by atoms with van der Waals surface area (Å²) in [6.45, 7) is 1.31. The molecule has 0 aromatic carbocycles. The minimum Gasteiger partial charge on any atom is -0.447 e. The van der Waals surface area contributed by atoms with E-state index in [2.05, 4.69) is 5.32 Å². The van der Waals surface area contributed by atoms with Crippen molar-refractivity contribution in [2.45, 2.75) is 43.4 Å². The third-order valence-corrected chi connectivity index (χ3v) is 5.55. The minimum absolute atomic E-state index is 0.0302. The van der Waals surface area contributed by atoms with Crippen LogP contribution in [0.15, 0.2) is 21.6 Å². The summed E-state index contributed by atoms with van der Waals surface area (Å²) in [6.07, 6.45) is 3.76. The lowest BCUT2D eigenvalue weighted by atomic mass is 9.87. The Labute approximate surface area is 126 Å². The molecular weight excluding hydrogens is 292 g/mol. The quantitative estimate of drug-likeness (QED) is 0.823. The lowest BCUT2D eigenvalue weighted by Crippen LogP contribution is -2.28. The van der Waals surface area contributed by atoms with E-state index >= 15 is 0 Å². The van der Waals surface area contributed by atoms with Crippen molar-refractivity contribution in [2.75, 3.05) is 20.6 Å². The first kappa shape index (κ1) is 16.5. The Kier molecular flexibility index (Phi) is 5.43. The van der Waals surface area contributed by atoms with E-state index in [9.17, 15) is 13.5 Å². The molecule has 0 spiro atoms. The van der Waals surface area contributed by atoms with Gasteiger partial charge in [0.25, 0.3) is 10.0 Å². The normalized spacial score (nSPS) is 23.6. The molecule has 21 heavy (non-hydrogen) atoms. The highest BCUT2D eigenvalue weighted by Crippen LogP contribution is 2.23. The summed E-state index contributed by atoms with van der Waals surface area (Å²) in [6, 6.07) is 3.16. The maximum atomic E-state index is 11.9. The van der Waals surface area contributed by atoms with Gasteiger partial charge in [0.15, 0.2) is 0 Å². The van der Waals surface area contributed by atoms with Crippen molar-refractivity contribution < 1.29 is 17.9 Å². The van der Waals surface area contributed by atoms with Crippen LogP contribution in [0.3, 0.4) is 0 Å². The molecule has 1 aromatic heterocycles. The second kappa shape index (κ2) is 6.91. The van der Waals surface area contributed by atoms with Crippen LogP contribution in [0.4, 0.5) is 0 Å². The predicted molar refractivity (Wildman–Crippen MR) is 79.3 cm³/mol. The lowest BCUT2D eigenvalue weighted by Gasteiger charge is -2.25. The monoisotopic (exact) mass is 316 g/mol. The molecule has 1 aliphatic carbocycles. The molecule has 6 nitrogen and oxygen atoms in total. The van der Waals surface area contributed by atoms with Gasteiger partial charge in [-0.15, -0.1) is 0 Å². The predicted octanol–water partition coefficient (Wildman–Crippen LogP) is 1.17. The Morgan fingerprint density at radius 3 is 2.81 bits per heavy atom. The molecule has 0 saturated heterocycles. The van der Waals surface area contributed by atoms with Gasteiger partial charge in [-0.3, -0.25) is 0 Å². The molecule has 0 radical (unpaired) electrons. The fourth-order valence-electron chi connectivity index (χ4n) is 2.62. The SMILES string of the molecule is CN(C)S(=O)(=O)c1ccc(CNCC2CCCC(O)C2)o1. The van der Waals surface area contributed by atoms with Crippen LogP contribution in [-0.2, 0) is 16.6 Å². The molecule has 2 rings (SSSR count). The Balaban J connectivity index is 1.83. The van der Waals surface area contributed by atoms with Crippen LogP contribution >= 0.6 is 0 Å². The van der Waals surface area contributed by atoms with Crippen molar-refractivity contribution in [3.05, 3.63) is 17.9 Å². The van der Waals surface area contributed by atoms with Crippen molar-refractivity contribution in [3.8, 4) is 0 Å². The molecule has 2 N–H and O–H groups in total. The second-order valence-electron chi connectivity index (χ2n) is 5.83. The average Bonchev–Trinajstić information content (AvgIpc) is 2.88. The molecule has 0 amide bonds. The standard InChI is InChI=1S/C14H24N2O4S/c1-16(2)21(18,19)14-7-6-13(20-14)10-15-9-11-4-3-5-12(17)8-11/h6-7,11-12,15,17H,3-5,8-10H2,1-2H3. The van der Waals surface area contributed by atoms with Gasteiger partial charge in [0.2, 0.25) is 5.09 Å². The van der Waals surface area contributed by atoms with E-state index < -0.39 is 10.0 Å². The number of aliphatic hydroxyl groups is 1. The van der Waals surface area contributed by atoms with Gasteiger partial charge in [0.05, 0.1) is 12.6 Å². The van der Waals surface area contributed by atoms with Crippen LogP contribution < -0.4 is 5.32 Å². The van der Waals surface area contributed by atoms with Crippen LogP contribution in [0.1, 0.15) is 31.4 Å². The zero-order valence-corrected chi connectivity index (χ0v) is 13.4. The smallest absolute Gasteiger partial charge is 0.275 e. The van der Waals surface area contributed by atoms with E-state index in [1.54, 1.807) is 6.07 Å². The molecule has 0 aliphatic heterocycles. The first-order chi connectivity index (χ1) is 9.89. The highest BCUT2D eigenvalue weighted by atomic mass is 32.2. The van der Waals surface area contributed by atoms with Crippen molar-refractivity contribution >= 4 is 10.0 Å². The van der Waals surface area contributed by atoms with E-state index in [1.807, 2.05) is 0 Å². The summed E-state index contributed by atoms with van der Waals surface area (Å²) < 4.78 is 30.3. The van der Waals surface area contributed by atoms with E-state index in [4.69, 9.17) is 4.42 Å². The summed E-state index contributed by atoms with van der Waals surface area (Å²) in [5.41, 5.74) is 0. The highest BCUT2D eigenvalue weighted by Gasteiger charge is 2.22. The van der Waals surface area contributed by atoms with Gasteiger partial charge >= 0.3 is 0 Å². The average molecular weight is 316 g/mol. The Bertz CT molecular complexity index is 553. The van der Waals surface area contributed by atoms with Gasteiger partial charge in [-0.1, -0.05) is 6.42 Å². The number of furan rings is 1. The highest BCUT2D eigenvalue weighted by molar-refractivity contribution is 7.88. The molecular formula is C14H24N2O4S. The number of nitrogens with zero attached hydrogens (tertiary/aromatic N) is 1. The van der Waals surface area contributed by atoms with Crippen molar-refractivity contribution in [3.63, 3.8) is 0 Å².